The van der Waals surface area contributed by atoms with Crippen LogP contribution < -0.4 is 0 Å². The molecule has 0 aromatic rings. The van der Waals surface area contributed by atoms with Crippen molar-refractivity contribution >= 4 is 17.9 Å². The van der Waals surface area contributed by atoms with Crippen molar-refractivity contribution in [2.24, 2.45) is 0 Å². The van der Waals surface area contributed by atoms with Crippen molar-refractivity contribution < 1.29 is 28.6 Å². The van der Waals surface area contributed by atoms with Gasteiger partial charge in [-0.15, -0.1) is 0 Å². The largest absolute Gasteiger partial charge is 0.462 e. The standard InChI is InChI=1S/C56H94O6/c1-4-7-10-13-16-19-22-24-25-26-27-28-29-30-31-32-35-37-40-43-46-49-55(58)61-52-53(51-60-54(57)48-45-42-39-36-33-21-18-15-12-9-6-3)62-56(59)50-47-44-41-38-34-23-20-17-14-11-8-5-2/h7,10,16-17,19-20,24-25,27-28,30-31,35,37,53H,4-6,8-9,11-15,18,21-23,26,29,32-34,36,38-52H2,1-3H3/b10-7-,19-16-,20-17-,25-24-,28-27-,31-30-,37-35-. The van der Waals surface area contributed by atoms with Crippen LogP contribution in [0.2, 0.25) is 0 Å². The number of hydrogen-bond donors (Lipinski definition) is 0. The van der Waals surface area contributed by atoms with Gasteiger partial charge in [0.15, 0.2) is 6.10 Å². The van der Waals surface area contributed by atoms with E-state index in [0.717, 1.165) is 109 Å². The molecule has 0 heterocycles. The summed E-state index contributed by atoms with van der Waals surface area (Å²) in [6.07, 6.45) is 64.2. The van der Waals surface area contributed by atoms with Crippen LogP contribution in [0.4, 0.5) is 0 Å². The lowest BCUT2D eigenvalue weighted by Gasteiger charge is -2.18. The SMILES string of the molecule is CC/C=C\C/C=C\C/C=C\C/C=C\C/C=C\C/C=C\CCCCC(=O)OCC(COC(=O)CCCCCCCCCCCCC)OC(=O)CCCCCCC/C=C\CCCCC. The van der Waals surface area contributed by atoms with Crippen molar-refractivity contribution in [2.75, 3.05) is 13.2 Å². The topological polar surface area (TPSA) is 78.9 Å². The van der Waals surface area contributed by atoms with Crippen molar-refractivity contribution in [1.29, 1.82) is 0 Å². The first-order valence-corrected chi connectivity index (χ1v) is 25.6. The fourth-order valence-corrected chi connectivity index (χ4v) is 6.79. The average molecular weight is 863 g/mol. The van der Waals surface area contributed by atoms with Crippen LogP contribution in [0.15, 0.2) is 85.1 Å². The predicted octanol–water partition coefficient (Wildman–Crippen LogP) is 16.8. The summed E-state index contributed by atoms with van der Waals surface area (Å²) in [5.41, 5.74) is 0. The van der Waals surface area contributed by atoms with Crippen LogP contribution in [-0.2, 0) is 28.6 Å². The molecule has 0 aliphatic heterocycles. The van der Waals surface area contributed by atoms with E-state index in [1.807, 2.05) is 0 Å². The Morgan fingerprint density at radius 3 is 1.06 bits per heavy atom. The molecule has 0 saturated carbocycles. The molecule has 0 aliphatic rings. The van der Waals surface area contributed by atoms with Gasteiger partial charge in [0.2, 0.25) is 0 Å². The molecule has 6 nitrogen and oxygen atoms in total. The highest BCUT2D eigenvalue weighted by atomic mass is 16.6. The summed E-state index contributed by atoms with van der Waals surface area (Å²) >= 11 is 0. The number of carbonyl (C=O) groups is 3. The van der Waals surface area contributed by atoms with Crippen molar-refractivity contribution in [3.63, 3.8) is 0 Å². The van der Waals surface area contributed by atoms with Crippen molar-refractivity contribution in [3.8, 4) is 0 Å². The molecule has 0 radical (unpaired) electrons. The lowest BCUT2D eigenvalue weighted by molar-refractivity contribution is -0.167. The number of unbranched alkanes of at least 4 members (excludes halogenated alkanes) is 20. The zero-order valence-corrected chi connectivity index (χ0v) is 40.4. The molecule has 0 saturated heterocycles. The smallest absolute Gasteiger partial charge is 0.306 e. The molecule has 0 fully saturated rings. The van der Waals surface area contributed by atoms with Crippen LogP contribution in [-0.4, -0.2) is 37.2 Å². The molecule has 0 N–H and O–H groups in total. The summed E-state index contributed by atoms with van der Waals surface area (Å²) in [4.78, 5) is 37.9. The summed E-state index contributed by atoms with van der Waals surface area (Å²) in [5.74, 6) is -0.950. The Balaban J connectivity index is 4.43. The van der Waals surface area contributed by atoms with Crippen LogP contribution in [0.1, 0.15) is 233 Å². The Morgan fingerprint density at radius 1 is 0.339 bits per heavy atom. The number of esters is 3. The molecule has 0 rings (SSSR count). The Kier molecular flexibility index (Phi) is 47.5. The predicted molar refractivity (Wildman–Crippen MR) is 265 cm³/mol. The van der Waals surface area contributed by atoms with Gasteiger partial charge in [-0.2, -0.15) is 0 Å². The number of ether oxygens (including phenoxy) is 3. The van der Waals surface area contributed by atoms with Crippen LogP contribution in [0.3, 0.4) is 0 Å². The van der Waals surface area contributed by atoms with Gasteiger partial charge in [0.25, 0.3) is 0 Å². The molecular weight excluding hydrogens is 769 g/mol. The first-order chi connectivity index (χ1) is 30.5. The van der Waals surface area contributed by atoms with Gasteiger partial charge in [0, 0.05) is 19.3 Å². The van der Waals surface area contributed by atoms with Gasteiger partial charge in [0.1, 0.15) is 13.2 Å². The van der Waals surface area contributed by atoms with Crippen LogP contribution in [0.25, 0.3) is 0 Å². The summed E-state index contributed by atoms with van der Waals surface area (Å²) in [5, 5.41) is 0. The van der Waals surface area contributed by atoms with Gasteiger partial charge < -0.3 is 14.2 Å². The maximum Gasteiger partial charge on any atom is 0.306 e. The molecule has 0 spiro atoms. The van der Waals surface area contributed by atoms with Gasteiger partial charge in [-0.25, -0.2) is 0 Å². The van der Waals surface area contributed by atoms with E-state index in [-0.39, 0.29) is 31.1 Å². The number of hydrogen-bond acceptors (Lipinski definition) is 6. The van der Waals surface area contributed by atoms with E-state index >= 15 is 0 Å². The summed E-state index contributed by atoms with van der Waals surface area (Å²) in [6, 6.07) is 0. The molecule has 1 unspecified atom stereocenters. The van der Waals surface area contributed by atoms with Crippen molar-refractivity contribution in [2.45, 2.75) is 239 Å². The van der Waals surface area contributed by atoms with E-state index in [9.17, 15) is 14.4 Å². The summed E-state index contributed by atoms with van der Waals surface area (Å²) in [6.45, 7) is 6.44. The van der Waals surface area contributed by atoms with Gasteiger partial charge in [0.05, 0.1) is 0 Å². The molecule has 62 heavy (non-hydrogen) atoms. The zero-order valence-electron chi connectivity index (χ0n) is 40.4. The lowest BCUT2D eigenvalue weighted by atomic mass is 10.1. The van der Waals surface area contributed by atoms with E-state index in [0.29, 0.717) is 19.3 Å². The highest BCUT2D eigenvalue weighted by molar-refractivity contribution is 5.71. The number of rotatable bonds is 45. The second-order valence-corrected chi connectivity index (χ2v) is 16.7. The lowest BCUT2D eigenvalue weighted by Crippen LogP contribution is -2.30. The fraction of sp³-hybridized carbons (Fsp3) is 0.696. The highest BCUT2D eigenvalue weighted by Crippen LogP contribution is 2.14. The van der Waals surface area contributed by atoms with E-state index in [4.69, 9.17) is 14.2 Å². The Morgan fingerprint density at radius 2 is 0.629 bits per heavy atom. The normalized spacial score (nSPS) is 12.8. The molecule has 0 bridgehead atoms. The van der Waals surface area contributed by atoms with Gasteiger partial charge in [-0.05, 0) is 96.3 Å². The average Bonchev–Trinajstić information content (AvgIpc) is 3.27. The number of allylic oxidation sites excluding steroid dienone is 14. The second kappa shape index (κ2) is 50.2. The minimum absolute atomic E-state index is 0.0927. The first-order valence-electron chi connectivity index (χ1n) is 25.6. The van der Waals surface area contributed by atoms with Crippen LogP contribution in [0.5, 0.6) is 0 Å². The van der Waals surface area contributed by atoms with E-state index < -0.39 is 6.10 Å². The van der Waals surface area contributed by atoms with E-state index in [1.54, 1.807) is 0 Å². The summed E-state index contributed by atoms with van der Waals surface area (Å²) < 4.78 is 16.7. The van der Waals surface area contributed by atoms with Gasteiger partial charge >= 0.3 is 17.9 Å². The maximum atomic E-state index is 12.8. The molecule has 0 aromatic heterocycles. The first kappa shape index (κ1) is 58.6. The number of carbonyl (C=O) groups excluding carboxylic acids is 3. The third kappa shape index (κ3) is 47.6. The molecule has 0 aromatic carbocycles. The third-order valence-electron chi connectivity index (χ3n) is 10.6. The van der Waals surface area contributed by atoms with Gasteiger partial charge in [-0.3, -0.25) is 14.4 Å². The highest BCUT2D eigenvalue weighted by Gasteiger charge is 2.19. The van der Waals surface area contributed by atoms with Crippen molar-refractivity contribution in [3.05, 3.63) is 85.1 Å². The molecule has 0 amide bonds. The Bertz CT molecular complexity index is 1220. The third-order valence-corrected chi connectivity index (χ3v) is 10.6. The Labute approximate surface area is 382 Å². The molecular formula is C56H94O6. The van der Waals surface area contributed by atoms with Gasteiger partial charge in [-0.1, -0.05) is 202 Å². The Hall–Kier alpha value is -3.41. The molecule has 6 heteroatoms. The van der Waals surface area contributed by atoms with Crippen LogP contribution in [0, 0.1) is 0 Å². The summed E-state index contributed by atoms with van der Waals surface area (Å²) in [7, 11) is 0. The minimum Gasteiger partial charge on any atom is -0.462 e. The second-order valence-electron chi connectivity index (χ2n) is 16.7. The minimum atomic E-state index is -0.796. The monoisotopic (exact) mass is 863 g/mol. The maximum absolute atomic E-state index is 12.8. The zero-order chi connectivity index (χ0) is 45.1. The van der Waals surface area contributed by atoms with Crippen molar-refractivity contribution in [1.82, 2.24) is 0 Å². The van der Waals surface area contributed by atoms with E-state index in [1.165, 1.54) is 83.5 Å². The fourth-order valence-electron chi connectivity index (χ4n) is 6.79. The van der Waals surface area contributed by atoms with E-state index in [2.05, 4.69) is 106 Å². The molecule has 1 atom stereocenters. The molecule has 0 aliphatic carbocycles. The molecule has 354 valence electrons. The quantitative estimate of drug-likeness (QED) is 0.0263. The van der Waals surface area contributed by atoms with Crippen LogP contribution >= 0.6 is 0 Å².